The number of benzene rings is 2. The quantitative estimate of drug-likeness (QED) is 0.872. The van der Waals surface area contributed by atoms with E-state index < -0.39 is 0 Å². The zero-order valence-electron chi connectivity index (χ0n) is 10.9. The predicted molar refractivity (Wildman–Crippen MR) is 80.8 cm³/mol. The molecule has 0 saturated heterocycles. The van der Waals surface area contributed by atoms with Gasteiger partial charge in [-0.05, 0) is 51.8 Å². The summed E-state index contributed by atoms with van der Waals surface area (Å²) >= 11 is 3.21. The minimum absolute atomic E-state index is 0.172. The van der Waals surface area contributed by atoms with Crippen LogP contribution in [0.4, 0.5) is 10.1 Å². The number of halogens is 2. The fourth-order valence-corrected chi connectivity index (χ4v) is 2.36. The van der Waals surface area contributed by atoms with Crippen molar-refractivity contribution in [2.45, 2.75) is 6.54 Å². The van der Waals surface area contributed by atoms with Crippen LogP contribution < -0.4 is 5.73 Å². The van der Waals surface area contributed by atoms with Crippen molar-refractivity contribution in [3.05, 3.63) is 63.9 Å². The lowest BCUT2D eigenvalue weighted by Gasteiger charge is -2.18. The molecule has 0 aromatic heterocycles. The molecule has 0 atom stereocenters. The molecule has 0 unspecified atom stereocenters. The molecule has 3 nitrogen and oxygen atoms in total. The molecule has 0 radical (unpaired) electrons. The molecule has 0 heterocycles. The molecule has 2 aromatic rings. The van der Waals surface area contributed by atoms with Gasteiger partial charge in [-0.2, -0.15) is 0 Å². The van der Waals surface area contributed by atoms with Crippen LogP contribution >= 0.6 is 15.9 Å². The van der Waals surface area contributed by atoms with E-state index in [-0.39, 0.29) is 11.7 Å². The van der Waals surface area contributed by atoms with Crippen LogP contribution in [-0.4, -0.2) is 17.9 Å². The number of nitrogen functional groups attached to an aromatic ring is 1. The molecular weight excluding hydrogens is 323 g/mol. The number of carbonyl (C=O) groups is 1. The Morgan fingerprint density at radius 3 is 2.50 bits per heavy atom. The van der Waals surface area contributed by atoms with Crippen molar-refractivity contribution < 1.29 is 9.18 Å². The zero-order chi connectivity index (χ0) is 14.7. The van der Waals surface area contributed by atoms with E-state index in [0.29, 0.717) is 22.3 Å². The average molecular weight is 337 g/mol. The summed E-state index contributed by atoms with van der Waals surface area (Å²) in [6, 6.07) is 11.4. The lowest BCUT2D eigenvalue weighted by atomic mass is 10.1. The third kappa shape index (κ3) is 3.36. The van der Waals surface area contributed by atoms with Gasteiger partial charge in [0, 0.05) is 23.8 Å². The van der Waals surface area contributed by atoms with Gasteiger partial charge in [0.25, 0.3) is 5.91 Å². The first-order chi connectivity index (χ1) is 9.47. The number of anilines is 1. The van der Waals surface area contributed by atoms with E-state index in [0.717, 1.165) is 5.56 Å². The van der Waals surface area contributed by atoms with Crippen LogP contribution in [0.3, 0.4) is 0 Å². The van der Waals surface area contributed by atoms with Crippen LogP contribution in [0.25, 0.3) is 0 Å². The first-order valence-electron chi connectivity index (χ1n) is 6.02. The average Bonchev–Trinajstić information content (AvgIpc) is 2.40. The number of hydrogen-bond acceptors (Lipinski definition) is 2. The number of nitrogens with zero attached hydrogens (tertiary/aromatic N) is 1. The molecule has 0 bridgehead atoms. The zero-order valence-corrected chi connectivity index (χ0v) is 12.5. The summed E-state index contributed by atoms with van der Waals surface area (Å²) in [5.41, 5.74) is 7.72. The van der Waals surface area contributed by atoms with Gasteiger partial charge in [0.2, 0.25) is 0 Å². The van der Waals surface area contributed by atoms with Gasteiger partial charge in [-0.25, -0.2) is 4.39 Å². The van der Waals surface area contributed by atoms with Gasteiger partial charge in [-0.1, -0.05) is 12.1 Å². The molecule has 0 aliphatic heterocycles. The largest absolute Gasteiger partial charge is 0.399 e. The fraction of sp³-hybridized carbons (Fsp3) is 0.133. The third-order valence-electron chi connectivity index (χ3n) is 2.91. The molecule has 0 aliphatic carbocycles. The Balaban J connectivity index is 2.14. The van der Waals surface area contributed by atoms with Crippen LogP contribution in [0.2, 0.25) is 0 Å². The van der Waals surface area contributed by atoms with E-state index in [1.54, 1.807) is 24.1 Å². The predicted octanol–water partition coefficient (Wildman–Crippen LogP) is 3.44. The van der Waals surface area contributed by atoms with Crippen LogP contribution in [0.1, 0.15) is 15.9 Å². The lowest BCUT2D eigenvalue weighted by Crippen LogP contribution is -2.26. The maximum Gasteiger partial charge on any atom is 0.255 e. The van der Waals surface area contributed by atoms with Gasteiger partial charge >= 0.3 is 0 Å². The van der Waals surface area contributed by atoms with E-state index in [1.165, 1.54) is 18.2 Å². The van der Waals surface area contributed by atoms with Crippen molar-refractivity contribution in [2.24, 2.45) is 0 Å². The monoisotopic (exact) mass is 336 g/mol. The minimum atomic E-state index is -0.380. The first kappa shape index (κ1) is 14.5. The lowest BCUT2D eigenvalue weighted by molar-refractivity contribution is 0.0784. The van der Waals surface area contributed by atoms with Crippen molar-refractivity contribution >= 4 is 27.5 Å². The summed E-state index contributed by atoms with van der Waals surface area (Å²) in [6.07, 6.45) is 0. The summed E-state index contributed by atoms with van der Waals surface area (Å²) in [5.74, 6) is -0.552. The standard InChI is InChI=1S/C15H14BrFN2O/c1-19(9-10-2-5-12(18)6-3-10)15(20)13-7-4-11(17)8-14(13)16/h2-8H,9,18H2,1H3. The summed E-state index contributed by atoms with van der Waals surface area (Å²) in [6.45, 7) is 0.461. The van der Waals surface area contributed by atoms with E-state index in [1.807, 2.05) is 12.1 Å². The minimum Gasteiger partial charge on any atom is -0.399 e. The summed E-state index contributed by atoms with van der Waals surface area (Å²) in [5, 5.41) is 0. The van der Waals surface area contributed by atoms with Crippen molar-refractivity contribution in [1.82, 2.24) is 4.90 Å². The highest BCUT2D eigenvalue weighted by Crippen LogP contribution is 2.20. The molecule has 0 saturated carbocycles. The van der Waals surface area contributed by atoms with Gasteiger partial charge in [0.1, 0.15) is 5.82 Å². The molecule has 2 N–H and O–H groups in total. The molecule has 2 aromatic carbocycles. The normalized spacial score (nSPS) is 10.3. The van der Waals surface area contributed by atoms with Crippen LogP contribution in [0.5, 0.6) is 0 Å². The van der Waals surface area contributed by atoms with Gasteiger partial charge < -0.3 is 10.6 Å². The molecule has 1 amide bonds. The number of hydrogen-bond donors (Lipinski definition) is 1. The maximum atomic E-state index is 13.0. The molecule has 5 heteroatoms. The van der Waals surface area contributed by atoms with E-state index in [2.05, 4.69) is 15.9 Å². The second-order valence-corrected chi connectivity index (χ2v) is 5.38. The van der Waals surface area contributed by atoms with Gasteiger partial charge in [-0.15, -0.1) is 0 Å². The Hall–Kier alpha value is -1.88. The van der Waals surface area contributed by atoms with E-state index in [4.69, 9.17) is 5.73 Å². The second-order valence-electron chi connectivity index (χ2n) is 4.53. The van der Waals surface area contributed by atoms with Crippen molar-refractivity contribution in [2.75, 3.05) is 12.8 Å². The van der Waals surface area contributed by atoms with E-state index >= 15 is 0 Å². The number of carbonyl (C=O) groups excluding carboxylic acids is 1. The van der Waals surface area contributed by atoms with Crippen molar-refractivity contribution in [3.63, 3.8) is 0 Å². The van der Waals surface area contributed by atoms with Crippen LogP contribution in [-0.2, 0) is 6.54 Å². The molecule has 0 aliphatic rings. The fourth-order valence-electron chi connectivity index (χ4n) is 1.84. The highest BCUT2D eigenvalue weighted by Gasteiger charge is 2.15. The topological polar surface area (TPSA) is 46.3 Å². The smallest absolute Gasteiger partial charge is 0.255 e. The Morgan fingerprint density at radius 2 is 1.90 bits per heavy atom. The second kappa shape index (κ2) is 6.05. The molecule has 2 rings (SSSR count). The Labute approximate surface area is 125 Å². The summed E-state index contributed by atoms with van der Waals surface area (Å²) < 4.78 is 13.5. The van der Waals surface area contributed by atoms with Gasteiger partial charge in [0.15, 0.2) is 0 Å². The number of rotatable bonds is 3. The van der Waals surface area contributed by atoms with Crippen LogP contribution in [0, 0.1) is 5.82 Å². The highest BCUT2D eigenvalue weighted by molar-refractivity contribution is 9.10. The maximum absolute atomic E-state index is 13.0. The van der Waals surface area contributed by atoms with Gasteiger partial charge in [-0.3, -0.25) is 4.79 Å². The Kier molecular flexibility index (Phi) is 4.39. The SMILES string of the molecule is CN(Cc1ccc(N)cc1)C(=O)c1ccc(F)cc1Br. The third-order valence-corrected chi connectivity index (χ3v) is 3.56. The van der Waals surface area contributed by atoms with Crippen molar-refractivity contribution in [1.29, 1.82) is 0 Å². The first-order valence-corrected chi connectivity index (χ1v) is 6.81. The Morgan fingerprint density at radius 1 is 1.25 bits per heavy atom. The van der Waals surface area contributed by atoms with Gasteiger partial charge in [0.05, 0.1) is 5.56 Å². The Bertz CT molecular complexity index is 628. The highest BCUT2D eigenvalue weighted by atomic mass is 79.9. The summed E-state index contributed by atoms with van der Waals surface area (Å²) in [4.78, 5) is 13.9. The molecular formula is C15H14BrFN2O. The molecule has 0 spiro atoms. The molecule has 104 valence electrons. The number of nitrogens with two attached hydrogens (primary N) is 1. The molecule has 20 heavy (non-hydrogen) atoms. The molecule has 0 fully saturated rings. The van der Waals surface area contributed by atoms with Crippen molar-refractivity contribution in [3.8, 4) is 0 Å². The van der Waals surface area contributed by atoms with Crippen LogP contribution in [0.15, 0.2) is 46.9 Å². The number of amides is 1. The summed E-state index contributed by atoms with van der Waals surface area (Å²) in [7, 11) is 1.70. The van der Waals surface area contributed by atoms with E-state index in [9.17, 15) is 9.18 Å².